The van der Waals surface area contributed by atoms with Crippen molar-refractivity contribution in [1.82, 2.24) is 20.3 Å². The maximum absolute atomic E-state index is 16.3. The summed E-state index contributed by atoms with van der Waals surface area (Å²) in [5.74, 6) is -3.18. The van der Waals surface area contributed by atoms with E-state index in [1.54, 1.807) is 12.3 Å². The van der Waals surface area contributed by atoms with Crippen LogP contribution in [0.25, 0.3) is 21.8 Å². The van der Waals surface area contributed by atoms with Crippen LogP contribution in [0.5, 0.6) is 0 Å². The van der Waals surface area contributed by atoms with Crippen molar-refractivity contribution < 1.29 is 30.0 Å². The van der Waals surface area contributed by atoms with Gasteiger partial charge in [0, 0.05) is 43.0 Å². The van der Waals surface area contributed by atoms with Crippen LogP contribution < -0.4 is 20.3 Å². The highest BCUT2D eigenvalue weighted by Crippen LogP contribution is 2.45. The molecule has 4 aromatic rings. The third-order valence-electron chi connectivity index (χ3n) is 8.68. The Hall–Kier alpha value is -3.80. The molecule has 0 radical (unpaired) electrons. The minimum Gasteiger partial charge on any atom is -0.351 e. The number of rotatable bonds is 8. The van der Waals surface area contributed by atoms with Gasteiger partial charge >= 0.3 is 0 Å². The van der Waals surface area contributed by atoms with Gasteiger partial charge in [0.05, 0.1) is 33.5 Å². The molecule has 2 aromatic carbocycles. The summed E-state index contributed by atoms with van der Waals surface area (Å²) in [6, 6.07) is 8.60. The highest BCUT2D eigenvalue weighted by Gasteiger charge is 2.39. The van der Waals surface area contributed by atoms with Crippen LogP contribution in [-0.4, -0.2) is 74.5 Å². The summed E-state index contributed by atoms with van der Waals surface area (Å²) in [7, 11) is -7.90. The van der Waals surface area contributed by atoms with Crippen molar-refractivity contribution in [3.05, 3.63) is 66.1 Å². The summed E-state index contributed by atoms with van der Waals surface area (Å²) in [6.07, 6.45) is 4.33. The van der Waals surface area contributed by atoms with Crippen LogP contribution in [0.3, 0.4) is 0 Å². The number of aromatic nitrogens is 3. The van der Waals surface area contributed by atoms with Gasteiger partial charge in [-0.25, -0.2) is 45.0 Å². The second-order valence-electron chi connectivity index (χ2n) is 11.8. The standard InChI is InChI=1S/C30H30F3N7O4S3/c31-21-4-2-5-22(32)28(21)47(43,44)39-23-6-1-3-20(25(23)33)26-27(45-30(38-26)40-18-7-8-19(40)16-34-15-18)24-9-12-35-29(37-24)36-17-10-13-46(41,42)14-11-17/h1-6,9,12,17-19,34,39H,7-8,10-11,13-16H2,(H,35,36,37). The SMILES string of the molecule is O=S1(=O)CCC(Nc2nccc(-c3sc(N4C5CCC4CNC5)nc3-c3cccc(NS(=O)(=O)c4c(F)cccc4F)c3F)n2)CC1. The number of hydrogen-bond acceptors (Lipinski definition) is 11. The van der Waals surface area contributed by atoms with Gasteiger partial charge in [-0.2, -0.15) is 0 Å². The predicted molar refractivity (Wildman–Crippen MR) is 173 cm³/mol. The van der Waals surface area contributed by atoms with Crippen molar-refractivity contribution in [2.45, 2.75) is 48.7 Å². The van der Waals surface area contributed by atoms with E-state index < -0.39 is 47.9 Å². The van der Waals surface area contributed by atoms with E-state index in [9.17, 15) is 25.6 Å². The molecule has 17 heteroatoms. The number of sulfone groups is 1. The molecule has 0 amide bonds. The van der Waals surface area contributed by atoms with E-state index in [-0.39, 0.29) is 46.8 Å². The summed E-state index contributed by atoms with van der Waals surface area (Å²) < 4.78 is 96.9. The lowest BCUT2D eigenvalue weighted by Gasteiger charge is -2.35. The lowest BCUT2D eigenvalue weighted by Crippen LogP contribution is -2.51. The first-order valence-electron chi connectivity index (χ1n) is 15.0. The van der Waals surface area contributed by atoms with Crippen molar-refractivity contribution in [3.63, 3.8) is 0 Å². The Bertz CT molecular complexity index is 2010. The highest BCUT2D eigenvalue weighted by molar-refractivity contribution is 7.92. The number of benzene rings is 2. The average Bonchev–Trinajstić information content (AvgIpc) is 3.56. The zero-order valence-electron chi connectivity index (χ0n) is 24.8. The zero-order valence-corrected chi connectivity index (χ0v) is 27.2. The predicted octanol–water partition coefficient (Wildman–Crippen LogP) is 4.41. The third kappa shape index (κ3) is 6.28. The number of halogens is 3. The molecule has 47 heavy (non-hydrogen) atoms. The van der Waals surface area contributed by atoms with Gasteiger partial charge in [0.2, 0.25) is 5.95 Å². The van der Waals surface area contributed by atoms with Crippen molar-refractivity contribution >= 4 is 48.0 Å². The summed E-state index contributed by atoms with van der Waals surface area (Å²) >= 11 is 1.33. The van der Waals surface area contributed by atoms with Gasteiger partial charge in [0.1, 0.15) is 21.5 Å². The average molecular weight is 706 g/mol. The molecule has 3 fully saturated rings. The fourth-order valence-corrected chi connectivity index (χ4v) is 10.3. The second kappa shape index (κ2) is 12.3. The maximum Gasteiger partial charge on any atom is 0.267 e. The molecule has 2 atom stereocenters. The summed E-state index contributed by atoms with van der Waals surface area (Å²) in [6.45, 7) is 1.55. The van der Waals surface area contributed by atoms with Crippen LogP contribution in [0.4, 0.5) is 29.9 Å². The van der Waals surface area contributed by atoms with Gasteiger partial charge in [-0.15, -0.1) is 0 Å². The molecule has 2 unspecified atom stereocenters. The number of fused-ring (bicyclic) bond motifs is 2. The minimum absolute atomic E-state index is 0.0372. The van der Waals surface area contributed by atoms with E-state index in [0.717, 1.165) is 50.2 Å². The van der Waals surface area contributed by atoms with Crippen molar-refractivity contribution in [3.8, 4) is 21.8 Å². The molecule has 11 nitrogen and oxygen atoms in total. The molecule has 7 rings (SSSR count). The molecule has 0 aliphatic carbocycles. The number of thiazole rings is 1. The molecule has 3 aliphatic rings. The third-order valence-corrected chi connectivity index (χ3v) is 12.9. The first-order chi connectivity index (χ1) is 22.5. The van der Waals surface area contributed by atoms with Gasteiger partial charge in [-0.05, 0) is 56.0 Å². The molecule has 248 valence electrons. The number of hydrogen-bond donors (Lipinski definition) is 3. The normalized spacial score (nSPS) is 21.1. The smallest absolute Gasteiger partial charge is 0.267 e. The van der Waals surface area contributed by atoms with Crippen LogP contribution in [0, 0.1) is 17.5 Å². The minimum atomic E-state index is -4.84. The quantitative estimate of drug-likeness (QED) is 0.241. The molecular formula is C30H30F3N7O4S3. The van der Waals surface area contributed by atoms with Crippen LogP contribution in [0.15, 0.2) is 53.6 Å². The molecule has 3 N–H and O–H groups in total. The Balaban J connectivity index is 1.28. The Morgan fingerprint density at radius 2 is 1.60 bits per heavy atom. The Labute approximate surface area is 273 Å². The van der Waals surface area contributed by atoms with Gasteiger partial charge in [0.15, 0.2) is 15.8 Å². The largest absolute Gasteiger partial charge is 0.351 e. The van der Waals surface area contributed by atoms with E-state index >= 15 is 4.39 Å². The first kappa shape index (κ1) is 31.8. The molecule has 2 bridgehead atoms. The zero-order chi connectivity index (χ0) is 32.9. The van der Waals surface area contributed by atoms with Crippen LogP contribution in [0.2, 0.25) is 0 Å². The Morgan fingerprint density at radius 1 is 0.915 bits per heavy atom. The van der Waals surface area contributed by atoms with Gasteiger partial charge in [0.25, 0.3) is 10.0 Å². The van der Waals surface area contributed by atoms with Crippen molar-refractivity contribution in [2.24, 2.45) is 0 Å². The van der Waals surface area contributed by atoms with E-state index in [4.69, 9.17) is 9.97 Å². The Morgan fingerprint density at radius 3 is 2.30 bits per heavy atom. The summed E-state index contributed by atoms with van der Waals surface area (Å²) in [5, 5.41) is 7.31. The molecular weight excluding hydrogens is 676 g/mol. The molecule has 0 spiro atoms. The number of anilines is 3. The van der Waals surface area contributed by atoms with Crippen molar-refractivity contribution in [2.75, 3.05) is 39.5 Å². The molecule has 3 saturated heterocycles. The first-order valence-corrected chi connectivity index (χ1v) is 19.2. The lowest BCUT2D eigenvalue weighted by molar-refractivity contribution is 0.484. The fourth-order valence-electron chi connectivity index (χ4n) is 6.37. The number of piperazine rings is 1. The van der Waals surface area contributed by atoms with Gasteiger partial charge in [-0.1, -0.05) is 23.5 Å². The Kier molecular flexibility index (Phi) is 8.34. The molecule has 0 saturated carbocycles. The van der Waals surface area contributed by atoms with Gasteiger partial charge < -0.3 is 15.5 Å². The monoisotopic (exact) mass is 705 g/mol. The number of nitrogens with one attached hydrogen (secondary N) is 3. The van der Waals surface area contributed by atoms with Crippen LogP contribution in [-0.2, 0) is 19.9 Å². The van der Waals surface area contributed by atoms with Gasteiger partial charge in [-0.3, -0.25) is 4.72 Å². The molecule has 3 aliphatic heterocycles. The molecule has 5 heterocycles. The fraction of sp³-hybridized carbons (Fsp3) is 0.367. The lowest BCUT2D eigenvalue weighted by atomic mass is 10.1. The second-order valence-corrected chi connectivity index (χ2v) is 16.7. The van der Waals surface area contributed by atoms with E-state index in [1.807, 2.05) is 4.72 Å². The van der Waals surface area contributed by atoms with E-state index in [1.165, 1.54) is 23.5 Å². The van der Waals surface area contributed by atoms with E-state index in [0.29, 0.717) is 28.5 Å². The molecule has 2 aromatic heterocycles. The number of sulfonamides is 1. The topological polar surface area (TPSA) is 146 Å². The summed E-state index contributed by atoms with van der Waals surface area (Å²) in [4.78, 5) is 15.4. The maximum atomic E-state index is 16.3. The number of nitrogens with zero attached hydrogens (tertiary/aromatic N) is 4. The van der Waals surface area contributed by atoms with E-state index in [2.05, 4.69) is 20.5 Å². The highest BCUT2D eigenvalue weighted by atomic mass is 32.2. The van der Waals surface area contributed by atoms with Crippen LogP contribution in [0.1, 0.15) is 25.7 Å². The van der Waals surface area contributed by atoms with Crippen molar-refractivity contribution in [1.29, 1.82) is 0 Å². The summed E-state index contributed by atoms with van der Waals surface area (Å²) in [5.41, 5.74) is 0.105. The van der Waals surface area contributed by atoms with Crippen LogP contribution >= 0.6 is 11.3 Å².